The number of anilines is 2. The molecule has 22 heavy (non-hydrogen) atoms. The fraction of sp³-hybridized carbons (Fsp3) is 0.312. The lowest BCUT2D eigenvalue weighted by atomic mass is 10.2. The molecule has 2 heterocycles. The molecule has 1 aliphatic rings. The number of carbonyl (C=O) groups is 1. The Labute approximate surface area is 137 Å². The molecule has 116 valence electrons. The summed E-state index contributed by atoms with van der Waals surface area (Å²) >= 11 is 3.46. The Bertz CT molecular complexity index is 678. The van der Waals surface area contributed by atoms with Crippen molar-refractivity contribution in [3.05, 3.63) is 46.3 Å². The Hall–Kier alpha value is -1.79. The Morgan fingerprint density at radius 2 is 2.05 bits per heavy atom. The molecule has 0 unspecified atom stereocenters. The van der Waals surface area contributed by atoms with E-state index in [9.17, 15) is 4.79 Å². The van der Waals surface area contributed by atoms with E-state index in [2.05, 4.69) is 26.1 Å². The summed E-state index contributed by atoms with van der Waals surface area (Å²) in [5.41, 5.74) is 2.57. The van der Waals surface area contributed by atoms with E-state index in [1.54, 1.807) is 6.07 Å². The summed E-state index contributed by atoms with van der Waals surface area (Å²) in [5.74, 6) is 0.100. The topological polar surface area (TPSA) is 54.7 Å². The molecule has 1 N–H and O–H groups in total. The molecule has 0 bridgehead atoms. The minimum absolute atomic E-state index is 0.241. The number of rotatable bonds is 3. The fourth-order valence-electron chi connectivity index (χ4n) is 2.47. The normalized spacial score (nSPS) is 14.9. The first-order valence-corrected chi connectivity index (χ1v) is 7.92. The summed E-state index contributed by atoms with van der Waals surface area (Å²) in [5, 5.41) is 2.95. The van der Waals surface area contributed by atoms with Crippen LogP contribution in [0.25, 0.3) is 0 Å². The van der Waals surface area contributed by atoms with Crippen LogP contribution in [0.1, 0.15) is 16.1 Å². The number of nitrogens with one attached hydrogen (secondary N) is 1. The Morgan fingerprint density at radius 1 is 1.27 bits per heavy atom. The number of morpholine rings is 1. The molecular weight excluding hydrogens is 348 g/mol. The molecule has 6 heteroatoms. The molecule has 0 aliphatic carbocycles. The molecule has 1 aliphatic heterocycles. The summed E-state index contributed by atoms with van der Waals surface area (Å²) in [6, 6.07) is 7.65. The molecule has 1 amide bonds. The summed E-state index contributed by atoms with van der Waals surface area (Å²) < 4.78 is 11.6. The third kappa shape index (κ3) is 3.18. The number of halogens is 1. The molecule has 1 aromatic carbocycles. The second-order valence-corrected chi connectivity index (χ2v) is 6.06. The largest absolute Gasteiger partial charge is 0.459 e. The second kappa shape index (κ2) is 6.54. The fourth-order valence-corrected chi connectivity index (χ4v) is 2.83. The summed E-state index contributed by atoms with van der Waals surface area (Å²) in [6.07, 6.45) is 1.52. The van der Waals surface area contributed by atoms with Crippen LogP contribution in [0.4, 0.5) is 11.4 Å². The maximum Gasteiger partial charge on any atom is 0.291 e. The van der Waals surface area contributed by atoms with Crippen LogP contribution < -0.4 is 10.2 Å². The van der Waals surface area contributed by atoms with Crippen LogP contribution in [0.5, 0.6) is 0 Å². The monoisotopic (exact) mass is 364 g/mol. The number of ether oxygens (including phenoxy) is 1. The van der Waals surface area contributed by atoms with Gasteiger partial charge in [-0.1, -0.05) is 15.9 Å². The number of benzene rings is 1. The van der Waals surface area contributed by atoms with Crippen LogP contribution in [0.15, 0.2) is 39.4 Å². The summed E-state index contributed by atoms with van der Waals surface area (Å²) in [4.78, 5) is 14.6. The van der Waals surface area contributed by atoms with Gasteiger partial charge in [0.25, 0.3) is 5.91 Å². The van der Waals surface area contributed by atoms with Crippen molar-refractivity contribution in [1.29, 1.82) is 0 Å². The lowest BCUT2D eigenvalue weighted by molar-refractivity contribution is 0.0996. The first kappa shape index (κ1) is 15.1. The Kier molecular flexibility index (Phi) is 4.49. The third-order valence-corrected chi connectivity index (χ3v) is 4.12. The van der Waals surface area contributed by atoms with Crippen molar-refractivity contribution in [1.82, 2.24) is 0 Å². The maximum absolute atomic E-state index is 12.4. The molecule has 0 radical (unpaired) electrons. The predicted octanol–water partition coefficient (Wildman–Crippen LogP) is 3.44. The van der Waals surface area contributed by atoms with Gasteiger partial charge in [-0.2, -0.15) is 0 Å². The van der Waals surface area contributed by atoms with Crippen molar-refractivity contribution < 1.29 is 13.9 Å². The van der Waals surface area contributed by atoms with Gasteiger partial charge >= 0.3 is 0 Å². The highest BCUT2D eigenvalue weighted by molar-refractivity contribution is 9.10. The first-order chi connectivity index (χ1) is 10.6. The van der Waals surface area contributed by atoms with Gasteiger partial charge in [0.05, 0.1) is 30.9 Å². The number of hydrogen-bond acceptors (Lipinski definition) is 4. The molecule has 2 aromatic rings. The summed E-state index contributed by atoms with van der Waals surface area (Å²) in [7, 11) is 0. The van der Waals surface area contributed by atoms with Gasteiger partial charge in [-0.15, -0.1) is 0 Å². The van der Waals surface area contributed by atoms with Crippen LogP contribution in [-0.2, 0) is 4.74 Å². The van der Waals surface area contributed by atoms with Crippen LogP contribution >= 0.6 is 15.9 Å². The van der Waals surface area contributed by atoms with Gasteiger partial charge in [-0.3, -0.25) is 4.79 Å². The smallest absolute Gasteiger partial charge is 0.291 e. The number of aryl methyl sites for hydroxylation is 1. The lowest BCUT2D eigenvalue weighted by Crippen LogP contribution is -2.36. The first-order valence-electron chi connectivity index (χ1n) is 7.13. The molecule has 5 nitrogen and oxygen atoms in total. The van der Waals surface area contributed by atoms with Gasteiger partial charge < -0.3 is 19.4 Å². The second-order valence-electron chi connectivity index (χ2n) is 5.15. The van der Waals surface area contributed by atoms with Crippen LogP contribution in [0.2, 0.25) is 0 Å². The van der Waals surface area contributed by atoms with E-state index in [0.29, 0.717) is 19.0 Å². The van der Waals surface area contributed by atoms with Crippen molar-refractivity contribution in [2.24, 2.45) is 0 Å². The third-order valence-electron chi connectivity index (χ3n) is 3.63. The molecule has 0 atom stereocenters. The quantitative estimate of drug-likeness (QED) is 0.906. The SMILES string of the molecule is Cc1ccoc1C(=O)Nc1cc(Br)ccc1N1CCOCC1. The highest BCUT2D eigenvalue weighted by Crippen LogP contribution is 2.30. The zero-order valence-corrected chi connectivity index (χ0v) is 13.9. The zero-order valence-electron chi connectivity index (χ0n) is 12.3. The van der Waals surface area contributed by atoms with Crippen LogP contribution in [-0.4, -0.2) is 32.2 Å². The zero-order chi connectivity index (χ0) is 15.5. The van der Waals surface area contributed by atoms with Crippen molar-refractivity contribution >= 4 is 33.2 Å². The highest BCUT2D eigenvalue weighted by atomic mass is 79.9. The highest BCUT2D eigenvalue weighted by Gasteiger charge is 2.19. The van der Waals surface area contributed by atoms with Gasteiger partial charge in [0.1, 0.15) is 0 Å². The molecule has 3 rings (SSSR count). The van der Waals surface area contributed by atoms with Gasteiger partial charge in [0.2, 0.25) is 0 Å². The van der Waals surface area contributed by atoms with Crippen molar-refractivity contribution in [2.75, 3.05) is 36.5 Å². The van der Waals surface area contributed by atoms with Crippen LogP contribution in [0.3, 0.4) is 0 Å². The van der Waals surface area contributed by atoms with E-state index in [0.717, 1.165) is 34.5 Å². The number of nitrogens with zero attached hydrogens (tertiary/aromatic N) is 1. The Morgan fingerprint density at radius 3 is 2.73 bits per heavy atom. The van der Waals surface area contributed by atoms with Gasteiger partial charge in [-0.25, -0.2) is 0 Å². The number of amides is 1. The van der Waals surface area contributed by atoms with Gasteiger partial charge in [0.15, 0.2) is 5.76 Å². The standard InChI is InChI=1S/C16H17BrN2O3/c1-11-4-7-22-15(11)16(20)18-13-10-12(17)2-3-14(13)19-5-8-21-9-6-19/h2-4,7,10H,5-6,8-9H2,1H3,(H,18,20). The number of hydrogen-bond donors (Lipinski definition) is 1. The maximum atomic E-state index is 12.4. The van der Waals surface area contributed by atoms with E-state index in [-0.39, 0.29) is 5.91 Å². The number of furan rings is 1. The van der Waals surface area contributed by atoms with E-state index in [4.69, 9.17) is 9.15 Å². The minimum atomic E-state index is -0.241. The van der Waals surface area contributed by atoms with Crippen molar-refractivity contribution in [2.45, 2.75) is 6.92 Å². The van der Waals surface area contributed by atoms with E-state index in [1.165, 1.54) is 6.26 Å². The summed E-state index contributed by atoms with van der Waals surface area (Å²) in [6.45, 7) is 4.86. The van der Waals surface area contributed by atoms with Gasteiger partial charge in [-0.05, 0) is 31.2 Å². The van der Waals surface area contributed by atoms with Crippen LogP contribution in [0, 0.1) is 6.92 Å². The lowest BCUT2D eigenvalue weighted by Gasteiger charge is -2.30. The molecule has 1 saturated heterocycles. The minimum Gasteiger partial charge on any atom is -0.459 e. The van der Waals surface area contributed by atoms with E-state index in [1.807, 2.05) is 25.1 Å². The molecule has 1 aromatic heterocycles. The average Bonchev–Trinajstić information content (AvgIpc) is 2.94. The average molecular weight is 365 g/mol. The molecule has 1 fully saturated rings. The van der Waals surface area contributed by atoms with Gasteiger partial charge in [0, 0.05) is 23.1 Å². The predicted molar refractivity (Wildman–Crippen MR) is 88.6 cm³/mol. The molecule has 0 spiro atoms. The molecule has 0 saturated carbocycles. The Balaban J connectivity index is 1.87. The van der Waals surface area contributed by atoms with Crippen molar-refractivity contribution in [3.63, 3.8) is 0 Å². The van der Waals surface area contributed by atoms with Crippen molar-refractivity contribution in [3.8, 4) is 0 Å². The molecular formula is C16H17BrN2O3. The van der Waals surface area contributed by atoms with E-state index >= 15 is 0 Å². The number of carbonyl (C=O) groups excluding carboxylic acids is 1. The van der Waals surface area contributed by atoms with E-state index < -0.39 is 0 Å².